The standard InChI is InChI=1S/C24H30N2O3.ClH/c1-3-4-11-28-24(27)20-14-29-15(2)19-13-26-10-9-17-16-7-5-6-8-21(16)25-23(17)22(26)12-18(19)20;/h5-8,14-15,18-19,22,25H,3-4,9-13H2,1-2H3;1H/t15-,18-,19+,22-;/m0./s1. The molecule has 5 rings (SSSR count). The highest BCUT2D eigenvalue weighted by molar-refractivity contribution is 5.89. The van der Waals surface area contributed by atoms with Gasteiger partial charge in [-0.15, -0.1) is 12.4 Å². The van der Waals surface area contributed by atoms with Gasteiger partial charge in [0.15, 0.2) is 0 Å². The lowest BCUT2D eigenvalue weighted by molar-refractivity contribution is -0.142. The quantitative estimate of drug-likeness (QED) is 0.560. The van der Waals surface area contributed by atoms with Crippen LogP contribution in [-0.4, -0.2) is 41.7 Å². The topological polar surface area (TPSA) is 54.6 Å². The number of unbranched alkanes of at least 4 members (excludes halogenated alkanes) is 1. The number of carbonyl (C=O) groups excluding carboxylic acids is 1. The Morgan fingerprint density at radius 3 is 3.00 bits per heavy atom. The van der Waals surface area contributed by atoms with E-state index in [4.69, 9.17) is 9.47 Å². The number of benzene rings is 1. The van der Waals surface area contributed by atoms with Crippen molar-refractivity contribution in [1.82, 2.24) is 9.88 Å². The Labute approximate surface area is 184 Å². The number of hydrogen-bond donors (Lipinski definition) is 1. The number of rotatable bonds is 4. The highest BCUT2D eigenvalue weighted by Crippen LogP contribution is 2.47. The van der Waals surface area contributed by atoms with E-state index in [2.05, 4.69) is 48.0 Å². The van der Waals surface area contributed by atoms with Crippen molar-refractivity contribution in [1.29, 1.82) is 0 Å². The highest BCUT2D eigenvalue weighted by Gasteiger charge is 2.47. The number of aromatic amines is 1. The molecule has 1 aromatic carbocycles. The summed E-state index contributed by atoms with van der Waals surface area (Å²) in [6.07, 6.45) is 5.74. The molecule has 30 heavy (non-hydrogen) atoms. The normalized spacial score (nSPS) is 27.7. The number of halogens is 1. The summed E-state index contributed by atoms with van der Waals surface area (Å²) in [6.45, 7) is 6.75. The van der Waals surface area contributed by atoms with Crippen LogP contribution in [0.15, 0.2) is 36.1 Å². The summed E-state index contributed by atoms with van der Waals surface area (Å²) >= 11 is 0. The lowest BCUT2D eigenvalue weighted by Crippen LogP contribution is -2.51. The van der Waals surface area contributed by atoms with Gasteiger partial charge in [0.25, 0.3) is 0 Å². The van der Waals surface area contributed by atoms with Gasteiger partial charge in [0.2, 0.25) is 0 Å². The molecule has 1 saturated heterocycles. The van der Waals surface area contributed by atoms with E-state index >= 15 is 0 Å². The van der Waals surface area contributed by atoms with Crippen molar-refractivity contribution in [3.63, 3.8) is 0 Å². The Morgan fingerprint density at radius 2 is 2.17 bits per heavy atom. The van der Waals surface area contributed by atoms with Crippen molar-refractivity contribution < 1.29 is 14.3 Å². The number of carbonyl (C=O) groups is 1. The summed E-state index contributed by atoms with van der Waals surface area (Å²) in [4.78, 5) is 19.1. The number of ether oxygens (including phenoxy) is 2. The fraction of sp³-hybridized carbons (Fsp3) is 0.542. The highest BCUT2D eigenvalue weighted by atomic mass is 35.5. The third kappa shape index (κ3) is 3.52. The van der Waals surface area contributed by atoms with Crippen molar-refractivity contribution in [3.8, 4) is 0 Å². The largest absolute Gasteiger partial charge is 0.497 e. The number of piperidine rings is 1. The molecule has 0 radical (unpaired) electrons. The Kier molecular flexibility index (Phi) is 6.12. The van der Waals surface area contributed by atoms with Gasteiger partial charge in [0, 0.05) is 41.5 Å². The molecular weight excluding hydrogens is 400 g/mol. The molecule has 2 aromatic rings. The fourth-order valence-corrected chi connectivity index (χ4v) is 5.46. The average Bonchev–Trinajstić information content (AvgIpc) is 3.12. The zero-order chi connectivity index (χ0) is 20.0. The third-order valence-electron chi connectivity index (χ3n) is 7.09. The minimum absolute atomic E-state index is 0. The zero-order valence-electron chi connectivity index (χ0n) is 17.7. The maximum atomic E-state index is 12.8. The molecule has 3 aliphatic rings. The molecule has 0 saturated carbocycles. The summed E-state index contributed by atoms with van der Waals surface area (Å²) in [7, 11) is 0. The molecule has 3 aliphatic heterocycles. The maximum Gasteiger partial charge on any atom is 0.337 e. The molecule has 0 aliphatic carbocycles. The fourth-order valence-electron chi connectivity index (χ4n) is 5.46. The lowest BCUT2D eigenvalue weighted by atomic mass is 9.72. The second-order valence-electron chi connectivity index (χ2n) is 8.73. The molecule has 0 bridgehead atoms. The molecule has 1 N–H and O–H groups in total. The van der Waals surface area contributed by atoms with Crippen molar-refractivity contribution in [2.45, 2.75) is 51.7 Å². The minimum atomic E-state index is -0.193. The van der Waals surface area contributed by atoms with E-state index in [0.717, 1.165) is 44.3 Å². The van der Waals surface area contributed by atoms with Crippen molar-refractivity contribution in [2.24, 2.45) is 11.8 Å². The van der Waals surface area contributed by atoms with Gasteiger partial charge < -0.3 is 14.5 Å². The number of nitrogens with zero attached hydrogens (tertiary/aromatic N) is 1. The summed E-state index contributed by atoms with van der Waals surface area (Å²) < 4.78 is 11.4. The van der Waals surface area contributed by atoms with Gasteiger partial charge in [-0.05, 0) is 37.8 Å². The third-order valence-corrected chi connectivity index (χ3v) is 7.09. The smallest absolute Gasteiger partial charge is 0.337 e. The van der Waals surface area contributed by atoms with Gasteiger partial charge >= 0.3 is 5.97 Å². The van der Waals surface area contributed by atoms with Crippen LogP contribution in [0.25, 0.3) is 10.9 Å². The molecule has 162 valence electrons. The second kappa shape index (κ2) is 8.64. The Balaban J connectivity index is 0.00000218. The Bertz CT molecular complexity index is 953. The number of para-hydroxylation sites is 1. The van der Waals surface area contributed by atoms with Crippen LogP contribution < -0.4 is 0 Å². The summed E-state index contributed by atoms with van der Waals surface area (Å²) in [6, 6.07) is 8.92. The molecule has 1 aromatic heterocycles. The molecule has 0 amide bonds. The number of hydrogen-bond acceptors (Lipinski definition) is 4. The lowest BCUT2D eigenvalue weighted by Gasteiger charge is -2.49. The molecule has 1 fully saturated rings. The molecule has 5 nitrogen and oxygen atoms in total. The first-order valence-electron chi connectivity index (χ1n) is 11.0. The van der Waals surface area contributed by atoms with Crippen LogP contribution in [0, 0.1) is 11.8 Å². The van der Waals surface area contributed by atoms with Gasteiger partial charge in [0.05, 0.1) is 30.6 Å². The van der Waals surface area contributed by atoms with Crippen LogP contribution in [0.4, 0.5) is 0 Å². The van der Waals surface area contributed by atoms with Crippen LogP contribution in [0.5, 0.6) is 0 Å². The van der Waals surface area contributed by atoms with E-state index in [9.17, 15) is 4.79 Å². The molecule has 0 unspecified atom stereocenters. The first-order valence-corrected chi connectivity index (χ1v) is 11.0. The maximum absolute atomic E-state index is 12.8. The zero-order valence-corrected chi connectivity index (χ0v) is 18.5. The average molecular weight is 431 g/mol. The number of nitrogens with one attached hydrogen (secondary N) is 1. The van der Waals surface area contributed by atoms with Gasteiger partial charge in [-0.1, -0.05) is 31.5 Å². The van der Waals surface area contributed by atoms with Gasteiger partial charge in [-0.3, -0.25) is 4.90 Å². The Hall–Kier alpha value is -1.98. The monoisotopic (exact) mass is 430 g/mol. The van der Waals surface area contributed by atoms with Crippen LogP contribution in [0.1, 0.15) is 50.4 Å². The SMILES string of the molecule is CCCCOC(=O)C1=CO[C@@H](C)[C@H]2CN3CCc4c([nH]c5ccccc45)[C@@H]3C[C@H]12.Cl. The first kappa shape index (κ1) is 21.3. The summed E-state index contributed by atoms with van der Waals surface area (Å²) in [5.74, 6) is 0.323. The molecule has 4 heterocycles. The van der Waals surface area contributed by atoms with Gasteiger partial charge in [-0.2, -0.15) is 0 Å². The number of fused-ring (bicyclic) bond motifs is 6. The van der Waals surface area contributed by atoms with Crippen LogP contribution in [-0.2, 0) is 20.7 Å². The molecule has 6 heteroatoms. The summed E-state index contributed by atoms with van der Waals surface area (Å²) in [5.41, 5.74) is 4.74. The van der Waals surface area contributed by atoms with Crippen LogP contribution >= 0.6 is 12.4 Å². The second-order valence-corrected chi connectivity index (χ2v) is 8.73. The predicted octanol–water partition coefficient (Wildman–Crippen LogP) is 4.77. The van der Waals surface area contributed by atoms with Gasteiger partial charge in [-0.25, -0.2) is 4.79 Å². The van der Waals surface area contributed by atoms with Crippen molar-refractivity contribution >= 4 is 29.3 Å². The number of aromatic nitrogens is 1. The molecule has 4 atom stereocenters. The molecular formula is C24H31ClN2O3. The predicted molar refractivity (Wildman–Crippen MR) is 120 cm³/mol. The van der Waals surface area contributed by atoms with Crippen molar-refractivity contribution in [2.75, 3.05) is 19.7 Å². The van der Waals surface area contributed by atoms with Gasteiger partial charge in [0.1, 0.15) is 0 Å². The van der Waals surface area contributed by atoms with Crippen LogP contribution in [0.2, 0.25) is 0 Å². The number of esters is 1. The molecule has 0 spiro atoms. The van der Waals surface area contributed by atoms with E-state index in [1.165, 1.54) is 22.2 Å². The van der Waals surface area contributed by atoms with Crippen LogP contribution in [0.3, 0.4) is 0 Å². The van der Waals surface area contributed by atoms with E-state index in [1.807, 2.05) is 0 Å². The van der Waals surface area contributed by atoms with E-state index in [1.54, 1.807) is 6.26 Å². The Morgan fingerprint density at radius 1 is 1.33 bits per heavy atom. The van der Waals surface area contributed by atoms with E-state index < -0.39 is 0 Å². The minimum Gasteiger partial charge on any atom is -0.497 e. The first-order chi connectivity index (χ1) is 14.2. The van der Waals surface area contributed by atoms with E-state index in [0.29, 0.717) is 18.6 Å². The van der Waals surface area contributed by atoms with E-state index in [-0.39, 0.29) is 30.4 Å². The summed E-state index contributed by atoms with van der Waals surface area (Å²) in [5, 5.41) is 1.35. The van der Waals surface area contributed by atoms with Crippen molar-refractivity contribution in [3.05, 3.63) is 47.4 Å². The number of H-pyrrole nitrogens is 1.